The second kappa shape index (κ2) is 63.6. The second-order valence-electron chi connectivity index (χ2n) is 19.8. The molecule has 0 spiro atoms. The summed E-state index contributed by atoms with van der Waals surface area (Å²) in [5, 5.41) is 0. The van der Waals surface area contributed by atoms with Gasteiger partial charge in [0.1, 0.15) is 13.2 Å². The van der Waals surface area contributed by atoms with Crippen molar-refractivity contribution in [3.63, 3.8) is 0 Å². The Bertz CT molecular complexity index is 1740. The molecule has 0 heterocycles. The van der Waals surface area contributed by atoms with E-state index in [9.17, 15) is 14.4 Å². The Morgan fingerprint density at radius 1 is 0.273 bits per heavy atom. The standard InChI is InChI=1S/C71H112O6/c1-4-7-10-13-16-19-22-25-27-29-31-33-35-37-39-41-43-46-49-52-55-58-61-64-70(73)76-67-68(66-75-69(72)63-60-57-54-51-48-45-24-21-18-15-12-9-6-3)77-71(74)65-62-59-56-53-50-47-44-42-40-38-36-34-32-30-28-26-23-20-17-14-11-8-5-2/h7,9-10,12,16,18-19,21,23,25-27,30-33,36-39,43,45-46,48,52,55,68H,4-6,8,11,13-15,17,20,22,24,28-29,34-35,40-42,44,47,49-51,53-54,56-67H2,1-3H3/b10-7-,12-9-,19-16-,21-18-,26-23-,27-25-,32-30-,33-31-,38-36-,39-37-,46-43-,48-45-,55-52-. The smallest absolute Gasteiger partial charge is 0.306 e. The van der Waals surface area contributed by atoms with Crippen molar-refractivity contribution < 1.29 is 28.6 Å². The molecule has 0 aliphatic rings. The molecule has 1 atom stereocenters. The molecular formula is C71H112O6. The number of ether oxygens (including phenoxy) is 3. The molecular weight excluding hydrogens is 949 g/mol. The molecule has 0 aromatic heterocycles. The van der Waals surface area contributed by atoms with Gasteiger partial charge in [0.25, 0.3) is 0 Å². The predicted molar refractivity (Wildman–Crippen MR) is 334 cm³/mol. The van der Waals surface area contributed by atoms with Crippen LogP contribution < -0.4 is 0 Å². The highest BCUT2D eigenvalue weighted by molar-refractivity contribution is 5.71. The van der Waals surface area contributed by atoms with Gasteiger partial charge in [0.2, 0.25) is 0 Å². The highest BCUT2D eigenvalue weighted by atomic mass is 16.6. The number of rotatable bonds is 54. The van der Waals surface area contributed by atoms with Gasteiger partial charge in [-0.3, -0.25) is 14.4 Å². The summed E-state index contributed by atoms with van der Waals surface area (Å²) in [6.07, 6.45) is 92.5. The summed E-state index contributed by atoms with van der Waals surface area (Å²) in [7, 11) is 0. The summed E-state index contributed by atoms with van der Waals surface area (Å²) >= 11 is 0. The van der Waals surface area contributed by atoms with E-state index in [2.05, 4.69) is 179 Å². The van der Waals surface area contributed by atoms with Crippen LogP contribution in [-0.4, -0.2) is 37.2 Å². The molecule has 6 heteroatoms. The average Bonchev–Trinajstić information content (AvgIpc) is 3.43. The lowest BCUT2D eigenvalue weighted by Gasteiger charge is -2.18. The van der Waals surface area contributed by atoms with Crippen molar-refractivity contribution in [2.45, 2.75) is 258 Å². The lowest BCUT2D eigenvalue weighted by molar-refractivity contribution is -0.167. The minimum atomic E-state index is -0.827. The number of esters is 3. The van der Waals surface area contributed by atoms with Crippen molar-refractivity contribution in [3.05, 3.63) is 158 Å². The predicted octanol–water partition coefficient (Wildman–Crippen LogP) is 21.3. The zero-order valence-electron chi connectivity index (χ0n) is 49.4. The van der Waals surface area contributed by atoms with Crippen molar-refractivity contribution >= 4 is 17.9 Å². The van der Waals surface area contributed by atoms with Crippen LogP contribution in [0.2, 0.25) is 0 Å². The molecule has 0 aromatic carbocycles. The van der Waals surface area contributed by atoms with E-state index in [1.165, 1.54) is 70.6 Å². The zero-order chi connectivity index (χ0) is 55.7. The Kier molecular flexibility index (Phi) is 59.5. The van der Waals surface area contributed by atoms with Gasteiger partial charge in [-0.2, -0.15) is 0 Å². The third-order valence-electron chi connectivity index (χ3n) is 12.5. The van der Waals surface area contributed by atoms with E-state index in [0.717, 1.165) is 135 Å². The van der Waals surface area contributed by atoms with Crippen LogP contribution in [0.3, 0.4) is 0 Å². The third kappa shape index (κ3) is 61.8. The highest BCUT2D eigenvalue weighted by Gasteiger charge is 2.19. The van der Waals surface area contributed by atoms with Crippen LogP contribution in [0.4, 0.5) is 0 Å². The van der Waals surface area contributed by atoms with E-state index >= 15 is 0 Å². The number of carbonyl (C=O) groups is 3. The summed E-state index contributed by atoms with van der Waals surface area (Å²) in [5.41, 5.74) is 0. The summed E-state index contributed by atoms with van der Waals surface area (Å²) in [6, 6.07) is 0. The first kappa shape index (κ1) is 72.0. The Morgan fingerprint density at radius 3 is 0.857 bits per heavy atom. The molecule has 0 rings (SSSR count). The molecule has 1 unspecified atom stereocenters. The van der Waals surface area contributed by atoms with E-state index in [0.29, 0.717) is 19.3 Å². The van der Waals surface area contributed by atoms with Crippen molar-refractivity contribution in [2.24, 2.45) is 0 Å². The number of carbonyl (C=O) groups excluding carboxylic acids is 3. The van der Waals surface area contributed by atoms with Crippen LogP contribution in [0.15, 0.2) is 158 Å². The molecule has 6 nitrogen and oxygen atoms in total. The van der Waals surface area contributed by atoms with Crippen molar-refractivity contribution in [2.75, 3.05) is 13.2 Å². The fourth-order valence-electron chi connectivity index (χ4n) is 7.92. The van der Waals surface area contributed by atoms with Gasteiger partial charge in [-0.25, -0.2) is 0 Å². The molecule has 0 aromatic rings. The molecule has 0 bridgehead atoms. The lowest BCUT2D eigenvalue weighted by atomic mass is 10.1. The van der Waals surface area contributed by atoms with Crippen LogP contribution in [0.1, 0.15) is 252 Å². The largest absolute Gasteiger partial charge is 0.462 e. The van der Waals surface area contributed by atoms with Crippen LogP contribution >= 0.6 is 0 Å². The van der Waals surface area contributed by atoms with Gasteiger partial charge >= 0.3 is 17.9 Å². The average molecular weight is 1060 g/mol. The van der Waals surface area contributed by atoms with Crippen LogP contribution in [0.5, 0.6) is 0 Å². The monoisotopic (exact) mass is 1060 g/mol. The van der Waals surface area contributed by atoms with E-state index in [-0.39, 0.29) is 37.5 Å². The summed E-state index contributed by atoms with van der Waals surface area (Å²) in [4.78, 5) is 38.2. The quantitative estimate of drug-likeness (QED) is 0.0261. The molecule has 0 radical (unpaired) electrons. The topological polar surface area (TPSA) is 78.9 Å². The van der Waals surface area contributed by atoms with Crippen molar-refractivity contribution in [1.82, 2.24) is 0 Å². The molecule has 0 N–H and O–H groups in total. The molecule has 0 fully saturated rings. The fraction of sp³-hybridized carbons (Fsp3) is 0.592. The Balaban J connectivity index is 4.51. The maximum Gasteiger partial charge on any atom is 0.306 e. The molecule has 0 saturated carbocycles. The number of hydrogen-bond acceptors (Lipinski definition) is 6. The first-order valence-corrected chi connectivity index (χ1v) is 31.0. The molecule has 77 heavy (non-hydrogen) atoms. The van der Waals surface area contributed by atoms with E-state index < -0.39 is 6.10 Å². The van der Waals surface area contributed by atoms with Crippen molar-refractivity contribution in [1.29, 1.82) is 0 Å². The minimum Gasteiger partial charge on any atom is -0.462 e. The summed E-state index contributed by atoms with van der Waals surface area (Å²) in [5.74, 6) is -1.02. The number of allylic oxidation sites excluding steroid dienone is 26. The molecule has 432 valence electrons. The van der Waals surface area contributed by atoms with Crippen LogP contribution in [0, 0.1) is 0 Å². The van der Waals surface area contributed by atoms with E-state index in [1.54, 1.807) is 0 Å². The molecule has 0 saturated heterocycles. The van der Waals surface area contributed by atoms with Crippen molar-refractivity contribution in [3.8, 4) is 0 Å². The summed E-state index contributed by atoms with van der Waals surface area (Å²) < 4.78 is 16.8. The maximum absolute atomic E-state index is 12.9. The van der Waals surface area contributed by atoms with Crippen LogP contribution in [-0.2, 0) is 28.6 Å². The third-order valence-corrected chi connectivity index (χ3v) is 12.5. The van der Waals surface area contributed by atoms with Crippen LogP contribution in [0.25, 0.3) is 0 Å². The second-order valence-corrected chi connectivity index (χ2v) is 19.8. The Morgan fingerprint density at radius 2 is 0.519 bits per heavy atom. The Hall–Kier alpha value is -4.97. The summed E-state index contributed by atoms with van der Waals surface area (Å²) in [6.45, 7) is 6.31. The van der Waals surface area contributed by atoms with Gasteiger partial charge in [-0.1, -0.05) is 249 Å². The number of hydrogen-bond donors (Lipinski definition) is 0. The first-order valence-electron chi connectivity index (χ1n) is 31.0. The Labute approximate surface area is 473 Å². The highest BCUT2D eigenvalue weighted by Crippen LogP contribution is 2.14. The molecule has 0 aliphatic heterocycles. The SMILES string of the molecule is CC/C=C\C/C=C\C/C=C\C/C=C\C/C=C\C/C=C\C/C=C\CCCC(=O)OCC(COC(=O)CCCCC/C=C\C/C=C\C/C=C\CC)OC(=O)CCCCCCCCCC/C=C\C/C=C\C/C=C\CCCCCCC. The normalized spacial score (nSPS) is 13.2. The fourth-order valence-corrected chi connectivity index (χ4v) is 7.92. The van der Waals surface area contributed by atoms with E-state index in [1.807, 2.05) is 0 Å². The van der Waals surface area contributed by atoms with Gasteiger partial charge < -0.3 is 14.2 Å². The van der Waals surface area contributed by atoms with E-state index in [4.69, 9.17) is 14.2 Å². The molecule has 0 aliphatic carbocycles. The van der Waals surface area contributed by atoms with Gasteiger partial charge in [0, 0.05) is 19.3 Å². The number of unbranched alkanes of at least 4 members (excludes halogenated alkanes) is 17. The van der Waals surface area contributed by atoms with Gasteiger partial charge in [0.05, 0.1) is 0 Å². The van der Waals surface area contributed by atoms with Gasteiger partial charge in [-0.15, -0.1) is 0 Å². The van der Waals surface area contributed by atoms with Gasteiger partial charge in [-0.05, 0) is 141 Å². The minimum absolute atomic E-state index is 0.121. The molecule has 0 amide bonds. The van der Waals surface area contributed by atoms with Gasteiger partial charge in [0.15, 0.2) is 6.10 Å². The first-order chi connectivity index (χ1) is 38.0. The lowest BCUT2D eigenvalue weighted by Crippen LogP contribution is -2.30. The maximum atomic E-state index is 12.9. The zero-order valence-corrected chi connectivity index (χ0v) is 49.4.